The molecule has 1 atom stereocenters. The molecule has 0 saturated heterocycles. The first-order valence-corrected chi connectivity index (χ1v) is 6.13. The van der Waals surface area contributed by atoms with Crippen molar-refractivity contribution in [2.45, 2.75) is 19.4 Å². The smallest absolute Gasteiger partial charge is 0.221 e. The zero-order chi connectivity index (χ0) is 13.2. The van der Waals surface area contributed by atoms with Gasteiger partial charge in [-0.15, -0.1) is 0 Å². The molecule has 100 valence electrons. The van der Waals surface area contributed by atoms with E-state index in [2.05, 4.69) is 22.5 Å². The van der Waals surface area contributed by atoms with Crippen LogP contribution in [0, 0.1) is 0 Å². The number of carbonyl (C=O) groups is 1. The molecule has 0 bridgehead atoms. The number of hydrogen-bond donors (Lipinski definition) is 2. The first kappa shape index (κ1) is 14.6. The molecule has 1 aromatic rings. The SMILES string of the molecule is COCCNC(=O)CCNC(C)c1cccnc1. The second kappa shape index (κ2) is 8.60. The summed E-state index contributed by atoms with van der Waals surface area (Å²) < 4.78 is 4.86. The third kappa shape index (κ3) is 5.75. The lowest BCUT2D eigenvalue weighted by atomic mass is 10.1. The fraction of sp³-hybridized carbons (Fsp3) is 0.538. The molecule has 5 nitrogen and oxygen atoms in total. The van der Waals surface area contributed by atoms with Gasteiger partial charge in [-0.25, -0.2) is 0 Å². The van der Waals surface area contributed by atoms with E-state index in [1.807, 2.05) is 18.3 Å². The molecule has 0 aliphatic heterocycles. The van der Waals surface area contributed by atoms with Crippen LogP contribution in [0.1, 0.15) is 24.9 Å². The lowest BCUT2D eigenvalue weighted by Gasteiger charge is -2.13. The van der Waals surface area contributed by atoms with Crippen molar-refractivity contribution in [3.63, 3.8) is 0 Å². The van der Waals surface area contributed by atoms with E-state index in [1.165, 1.54) is 0 Å². The van der Waals surface area contributed by atoms with E-state index in [9.17, 15) is 4.79 Å². The molecule has 0 fully saturated rings. The average molecular weight is 251 g/mol. The number of methoxy groups -OCH3 is 1. The minimum Gasteiger partial charge on any atom is -0.383 e. The number of ether oxygens (including phenoxy) is 1. The third-order valence-electron chi connectivity index (χ3n) is 2.62. The lowest BCUT2D eigenvalue weighted by Crippen LogP contribution is -2.30. The van der Waals surface area contributed by atoms with Crippen LogP contribution in [0.4, 0.5) is 0 Å². The molecule has 1 unspecified atom stereocenters. The number of carbonyl (C=O) groups excluding carboxylic acids is 1. The molecule has 1 rings (SSSR count). The molecule has 1 heterocycles. The average Bonchev–Trinajstić information content (AvgIpc) is 2.40. The Kier molecular flexibility index (Phi) is 6.98. The molecular formula is C13H21N3O2. The fourth-order valence-electron chi connectivity index (χ4n) is 1.53. The Morgan fingerprint density at radius 3 is 3.00 bits per heavy atom. The number of hydrogen-bond acceptors (Lipinski definition) is 4. The van der Waals surface area contributed by atoms with Gasteiger partial charge in [0.15, 0.2) is 0 Å². The van der Waals surface area contributed by atoms with Crippen molar-refractivity contribution in [3.05, 3.63) is 30.1 Å². The Balaban J connectivity index is 2.16. The van der Waals surface area contributed by atoms with Gasteiger partial charge >= 0.3 is 0 Å². The summed E-state index contributed by atoms with van der Waals surface area (Å²) in [5.41, 5.74) is 1.12. The maximum atomic E-state index is 11.4. The van der Waals surface area contributed by atoms with Crippen LogP contribution in [-0.4, -0.2) is 37.7 Å². The Bertz CT molecular complexity index is 343. The van der Waals surface area contributed by atoms with Crippen LogP contribution >= 0.6 is 0 Å². The summed E-state index contributed by atoms with van der Waals surface area (Å²) in [6.07, 6.45) is 4.05. The van der Waals surface area contributed by atoms with Gasteiger partial charge in [0, 0.05) is 45.1 Å². The van der Waals surface area contributed by atoms with E-state index in [-0.39, 0.29) is 11.9 Å². The van der Waals surface area contributed by atoms with E-state index in [1.54, 1.807) is 13.3 Å². The summed E-state index contributed by atoms with van der Waals surface area (Å²) in [6, 6.07) is 4.12. The molecule has 1 aromatic heterocycles. The molecule has 18 heavy (non-hydrogen) atoms. The molecular weight excluding hydrogens is 230 g/mol. The van der Waals surface area contributed by atoms with Crippen LogP contribution in [0.2, 0.25) is 0 Å². The lowest BCUT2D eigenvalue weighted by molar-refractivity contribution is -0.121. The van der Waals surface area contributed by atoms with Crippen molar-refractivity contribution in [2.24, 2.45) is 0 Å². The van der Waals surface area contributed by atoms with Gasteiger partial charge < -0.3 is 15.4 Å². The second-order valence-electron chi connectivity index (χ2n) is 4.05. The Labute approximate surface area is 108 Å². The Morgan fingerprint density at radius 2 is 2.33 bits per heavy atom. The van der Waals surface area contributed by atoms with Gasteiger partial charge in [0.05, 0.1) is 6.61 Å². The van der Waals surface area contributed by atoms with Crippen LogP contribution in [0.15, 0.2) is 24.5 Å². The zero-order valence-corrected chi connectivity index (χ0v) is 11.0. The van der Waals surface area contributed by atoms with E-state index >= 15 is 0 Å². The summed E-state index contributed by atoms with van der Waals surface area (Å²) in [6.45, 7) is 3.81. The zero-order valence-electron chi connectivity index (χ0n) is 11.0. The van der Waals surface area contributed by atoms with E-state index in [0.717, 1.165) is 5.56 Å². The predicted octanol–water partition coefficient (Wildman–Crippen LogP) is 0.885. The second-order valence-corrected chi connectivity index (χ2v) is 4.05. The topological polar surface area (TPSA) is 63.2 Å². The third-order valence-corrected chi connectivity index (χ3v) is 2.62. The summed E-state index contributed by atoms with van der Waals surface area (Å²) in [4.78, 5) is 15.5. The Morgan fingerprint density at radius 1 is 1.50 bits per heavy atom. The number of rotatable bonds is 8. The van der Waals surface area contributed by atoms with Crippen molar-refractivity contribution < 1.29 is 9.53 Å². The van der Waals surface area contributed by atoms with Crippen molar-refractivity contribution in [1.29, 1.82) is 0 Å². The van der Waals surface area contributed by atoms with E-state index < -0.39 is 0 Å². The minimum atomic E-state index is 0.0398. The summed E-state index contributed by atoms with van der Waals surface area (Å²) >= 11 is 0. The summed E-state index contributed by atoms with van der Waals surface area (Å²) in [7, 11) is 1.61. The number of pyridine rings is 1. The highest BCUT2D eigenvalue weighted by molar-refractivity contribution is 5.76. The molecule has 0 aliphatic carbocycles. The fourth-order valence-corrected chi connectivity index (χ4v) is 1.53. The van der Waals surface area contributed by atoms with Gasteiger partial charge in [-0.2, -0.15) is 0 Å². The molecule has 0 aliphatic rings. The highest BCUT2D eigenvalue weighted by Crippen LogP contribution is 2.09. The van der Waals surface area contributed by atoms with Crippen molar-refractivity contribution in [1.82, 2.24) is 15.6 Å². The number of nitrogens with zero attached hydrogens (tertiary/aromatic N) is 1. The van der Waals surface area contributed by atoms with E-state index in [0.29, 0.717) is 26.1 Å². The summed E-state index contributed by atoms with van der Waals surface area (Å²) in [5, 5.41) is 6.07. The maximum absolute atomic E-state index is 11.4. The van der Waals surface area contributed by atoms with Gasteiger partial charge in [-0.1, -0.05) is 6.07 Å². The van der Waals surface area contributed by atoms with Gasteiger partial charge in [0.2, 0.25) is 5.91 Å². The van der Waals surface area contributed by atoms with Crippen LogP contribution < -0.4 is 10.6 Å². The monoisotopic (exact) mass is 251 g/mol. The minimum absolute atomic E-state index is 0.0398. The van der Waals surface area contributed by atoms with Crippen LogP contribution in [-0.2, 0) is 9.53 Å². The van der Waals surface area contributed by atoms with Crippen LogP contribution in [0.25, 0.3) is 0 Å². The molecule has 2 N–H and O–H groups in total. The number of amides is 1. The molecule has 0 spiro atoms. The van der Waals surface area contributed by atoms with Gasteiger partial charge in [0.25, 0.3) is 0 Å². The molecule has 0 aromatic carbocycles. The number of aromatic nitrogens is 1. The van der Waals surface area contributed by atoms with Gasteiger partial charge in [-0.3, -0.25) is 9.78 Å². The summed E-state index contributed by atoms with van der Waals surface area (Å²) in [5.74, 6) is 0.0398. The molecule has 5 heteroatoms. The van der Waals surface area contributed by atoms with Gasteiger partial charge in [-0.05, 0) is 18.6 Å². The first-order chi connectivity index (χ1) is 8.74. The maximum Gasteiger partial charge on any atom is 0.221 e. The molecule has 0 radical (unpaired) electrons. The molecule has 1 amide bonds. The van der Waals surface area contributed by atoms with Crippen molar-refractivity contribution >= 4 is 5.91 Å². The predicted molar refractivity (Wildman–Crippen MR) is 70.2 cm³/mol. The van der Waals surface area contributed by atoms with Gasteiger partial charge in [0.1, 0.15) is 0 Å². The largest absolute Gasteiger partial charge is 0.383 e. The van der Waals surface area contributed by atoms with Crippen molar-refractivity contribution in [2.75, 3.05) is 26.8 Å². The standard InChI is InChI=1S/C13H21N3O2/c1-11(12-4-3-6-14-10-12)15-7-5-13(17)16-8-9-18-2/h3-4,6,10-11,15H,5,7-9H2,1-2H3,(H,16,17). The Hall–Kier alpha value is -1.46. The van der Waals surface area contributed by atoms with Crippen LogP contribution in [0.3, 0.4) is 0 Å². The first-order valence-electron chi connectivity index (χ1n) is 6.13. The normalized spacial score (nSPS) is 12.1. The van der Waals surface area contributed by atoms with Crippen LogP contribution in [0.5, 0.6) is 0 Å². The molecule has 0 saturated carbocycles. The highest BCUT2D eigenvalue weighted by atomic mass is 16.5. The highest BCUT2D eigenvalue weighted by Gasteiger charge is 2.05. The quantitative estimate of drug-likeness (QED) is 0.673. The van der Waals surface area contributed by atoms with E-state index in [4.69, 9.17) is 4.74 Å². The van der Waals surface area contributed by atoms with Crippen molar-refractivity contribution in [3.8, 4) is 0 Å². The number of nitrogens with one attached hydrogen (secondary N) is 2.